The van der Waals surface area contributed by atoms with Gasteiger partial charge in [-0.05, 0) is 12.2 Å². The molecule has 0 atom stereocenters. The SMILES string of the molecule is CN(C1=CC=C(Cl)N(O)C1)S(C)(=O)=O. The number of likely N-dealkylation sites (N-methyl/N-ethyl adjacent to an activating group) is 1. The van der Waals surface area contributed by atoms with Crippen molar-refractivity contribution in [1.82, 2.24) is 9.37 Å². The summed E-state index contributed by atoms with van der Waals surface area (Å²) in [5.74, 6) is 0. The van der Waals surface area contributed by atoms with Crippen molar-refractivity contribution in [2.24, 2.45) is 0 Å². The summed E-state index contributed by atoms with van der Waals surface area (Å²) in [5, 5.41) is 10.2. The molecule has 5 nitrogen and oxygen atoms in total. The Morgan fingerprint density at radius 3 is 2.57 bits per heavy atom. The van der Waals surface area contributed by atoms with E-state index in [1.165, 1.54) is 13.1 Å². The van der Waals surface area contributed by atoms with Crippen molar-refractivity contribution in [3.8, 4) is 0 Å². The Hall–Kier alpha value is -0.720. The molecule has 80 valence electrons. The standard InChI is InChI=1S/C7H11ClN2O3S/c1-9(14(2,12)13)6-3-4-7(8)10(11)5-6/h3-4,11H,5H2,1-2H3. The van der Waals surface area contributed by atoms with Gasteiger partial charge in [0, 0.05) is 7.05 Å². The molecule has 1 heterocycles. The van der Waals surface area contributed by atoms with Gasteiger partial charge in [0.15, 0.2) is 0 Å². The van der Waals surface area contributed by atoms with E-state index in [1.807, 2.05) is 0 Å². The molecule has 0 aromatic rings. The van der Waals surface area contributed by atoms with E-state index >= 15 is 0 Å². The molecule has 0 radical (unpaired) electrons. The van der Waals surface area contributed by atoms with Crippen LogP contribution in [-0.4, -0.2) is 42.8 Å². The summed E-state index contributed by atoms with van der Waals surface area (Å²) in [7, 11) is -1.87. The summed E-state index contributed by atoms with van der Waals surface area (Å²) in [6.45, 7) is 0.0545. The summed E-state index contributed by atoms with van der Waals surface area (Å²) in [6, 6.07) is 0. The maximum absolute atomic E-state index is 11.1. The topological polar surface area (TPSA) is 60.9 Å². The minimum Gasteiger partial charge on any atom is -0.287 e. The molecule has 7 heteroatoms. The van der Waals surface area contributed by atoms with E-state index in [0.29, 0.717) is 5.70 Å². The smallest absolute Gasteiger partial charge is 0.231 e. The highest BCUT2D eigenvalue weighted by Gasteiger charge is 2.19. The molecule has 0 fully saturated rings. The van der Waals surface area contributed by atoms with Crippen molar-refractivity contribution in [3.63, 3.8) is 0 Å². The van der Waals surface area contributed by atoms with Gasteiger partial charge in [-0.2, -0.15) is 0 Å². The Balaban J connectivity index is 2.93. The van der Waals surface area contributed by atoms with Gasteiger partial charge in [0.05, 0.1) is 18.5 Å². The van der Waals surface area contributed by atoms with Gasteiger partial charge in [0.25, 0.3) is 0 Å². The summed E-state index contributed by atoms with van der Waals surface area (Å²) in [6.07, 6.45) is 4.08. The molecule has 0 unspecified atom stereocenters. The van der Waals surface area contributed by atoms with Crippen molar-refractivity contribution >= 4 is 21.6 Å². The van der Waals surface area contributed by atoms with Crippen LogP contribution in [0.25, 0.3) is 0 Å². The quantitative estimate of drug-likeness (QED) is 0.714. The van der Waals surface area contributed by atoms with E-state index in [-0.39, 0.29) is 11.7 Å². The van der Waals surface area contributed by atoms with Crippen LogP contribution in [0.1, 0.15) is 0 Å². The Bertz CT molecular complexity index is 388. The molecule has 0 bridgehead atoms. The summed E-state index contributed by atoms with van der Waals surface area (Å²) in [5.41, 5.74) is 0.458. The fourth-order valence-electron chi connectivity index (χ4n) is 0.950. The zero-order chi connectivity index (χ0) is 10.9. The Morgan fingerprint density at radius 2 is 2.14 bits per heavy atom. The first-order valence-electron chi connectivity index (χ1n) is 3.79. The van der Waals surface area contributed by atoms with Gasteiger partial charge in [-0.25, -0.2) is 13.5 Å². The monoisotopic (exact) mass is 238 g/mol. The fraction of sp³-hybridized carbons (Fsp3) is 0.429. The predicted molar refractivity (Wildman–Crippen MR) is 53.1 cm³/mol. The van der Waals surface area contributed by atoms with Crippen LogP contribution < -0.4 is 0 Å². The summed E-state index contributed by atoms with van der Waals surface area (Å²) in [4.78, 5) is 0. The lowest BCUT2D eigenvalue weighted by molar-refractivity contribution is -0.0416. The summed E-state index contributed by atoms with van der Waals surface area (Å²) < 4.78 is 23.4. The van der Waals surface area contributed by atoms with Gasteiger partial charge in [0.1, 0.15) is 5.16 Å². The lowest BCUT2D eigenvalue weighted by atomic mass is 10.3. The number of hydrogen-bond acceptors (Lipinski definition) is 4. The molecule has 0 spiro atoms. The first kappa shape index (κ1) is 11.4. The molecular weight excluding hydrogens is 228 g/mol. The third-order valence-electron chi connectivity index (χ3n) is 1.87. The average Bonchev–Trinajstić information content (AvgIpc) is 2.07. The van der Waals surface area contributed by atoms with Gasteiger partial charge in [-0.3, -0.25) is 9.51 Å². The molecular formula is C7H11ClN2O3S. The van der Waals surface area contributed by atoms with Crippen LogP contribution in [0.2, 0.25) is 0 Å². The highest BCUT2D eigenvalue weighted by atomic mass is 35.5. The van der Waals surface area contributed by atoms with Gasteiger partial charge < -0.3 is 0 Å². The molecule has 1 N–H and O–H groups in total. The van der Waals surface area contributed by atoms with Crippen LogP contribution in [0.5, 0.6) is 0 Å². The second-order valence-corrected chi connectivity index (χ2v) is 5.34. The van der Waals surface area contributed by atoms with Crippen LogP contribution in [0, 0.1) is 0 Å². The van der Waals surface area contributed by atoms with Gasteiger partial charge in [-0.15, -0.1) is 0 Å². The highest BCUT2D eigenvalue weighted by Crippen LogP contribution is 2.18. The largest absolute Gasteiger partial charge is 0.287 e. The zero-order valence-electron chi connectivity index (χ0n) is 7.81. The lowest BCUT2D eigenvalue weighted by Gasteiger charge is -2.26. The van der Waals surface area contributed by atoms with E-state index in [4.69, 9.17) is 11.6 Å². The van der Waals surface area contributed by atoms with Crippen LogP contribution >= 0.6 is 11.6 Å². The van der Waals surface area contributed by atoms with Crippen molar-refractivity contribution in [2.75, 3.05) is 19.8 Å². The number of halogens is 1. The number of hydroxylamine groups is 2. The molecule has 1 rings (SSSR count). The van der Waals surface area contributed by atoms with Crippen LogP contribution in [-0.2, 0) is 10.0 Å². The minimum absolute atomic E-state index is 0.0545. The predicted octanol–water partition coefficient (Wildman–Crippen LogP) is 0.547. The normalized spacial score (nSPS) is 17.6. The second-order valence-electron chi connectivity index (χ2n) is 2.94. The Kier molecular flexibility index (Phi) is 3.08. The molecule has 14 heavy (non-hydrogen) atoms. The number of nitrogens with zero attached hydrogens (tertiary/aromatic N) is 2. The van der Waals surface area contributed by atoms with Crippen molar-refractivity contribution in [2.45, 2.75) is 0 Å². The van der Waals surface area contributed by atoms with E-state index in [9.17, 15) is 13.6 Å². The van der Waals surface area contributed by atoms with Crippen LogP contribution in [0.3, 0.4) is 0 Å². The van der Waals surface area contributed by atoms with Crippen LogP contribution in [0.4, 0.5) is 0 Å². The van der Waals surface area contributed by atoms with E-state index < -0.39 is 10.0 Å². The third kappa shape index (κ3) is 2.40. The Morgan fingerprint density at radius 1 is 1.57 bits per heavy atom. The first-order valence-corrected chi connectivity index (χ1v) is 6.01. The van der Waals surface area contributed by atoms with Gasteiger partial charge in [0.2, 0.25) is 10.0 Å². The van der Waals surface area contributed by atoms with Gasteiger partial charge >= 0.3 is 0 Å². The molecule has 1 aliphatic heterocycles. The summed E-state index contributed by atoms with van der Waals surface area (Å²) >= 11 is 5.58. The third-order valence-corrected chi connectivity index (χ3v) is 3.42. The Labute approximate surface area is 87.9 Å². The number of sulfonamides is 1. The van der Waals surface area contributed by atoms with E-state index in [2.05, 4.69) is 0 Å². The highest BCUT2D eigenvalue weighted by molar-refractivity contribution is 7.88. The molecule has 0 aromatic heterocycles. The molecule has 0 aliphatic carbocycles. The molecule has 0 saturated carbocycles. The fourth-order valence-corrected chi connectivity index (χ4v) is 1.62. The minimum atomic E-state index is -3.29. The van der Waals surface area contributed by atoms with Crippen molar-refractivity contribution in [3.05, 3.63) is 23.0 Å². The van der Waals surface area contributed by atoms with E-state index in [1.54, 1.807) is 6.08 Å². The van der Waals surface area contributed by atoms with Crippen molar-refractivity contribution < 1.29 is 13.6 Å². The molecule has 0 saturated heterocycles. The molecule has 1 aliphatic rings. The first-order chi connectivity index (χ1) is 6.32. The molecule has 0 amide bonds. The maximum atomic E-state index is 11.1. The number of hydrogen-bond donors (Lipinski definition) is 1. The van der Waals surface area contributed by atoms with Crippen LogP contribution in [0.15, 0.2) is 23.0 Å². The zero-order valence-corrected chi connectivity index (χ0v) is 9.38. The second kappa shape index (κ2) is 3.80. The number of rotatable bonds is 2. The maximum Gasteiger partial charge on any atom is 0.231 e. The number of allylic oxidation sites excluding steroid dienone is 2. The lowest BCUT2D eigenvalue weighted by Crippen LogP contribution is -2.33. The average molecular weight is 239 g/mol. The van der Waals surface area contributed by atoms with Crippen molar-refractivity contribution in [1.29, 1.82) is 0 Å². The van der Waals surface area contributed by atoms with Gasteiger partial charge in [-0.1, -0.05) is 11.6 Å². The molecule has 0 aromatic carbocycles. The van der Waals surface area contributed by atoms with E-state index in [0.717, 1.165) is 15.6 Å².